The first kappa shape index (κ1) is 19.8. The number of nitrogens with zero attached hydrogens (tertiary/aromatic N) is 3. The fourth-order valence-corrected chi connectivity index (χ4v) is 4.96. The van der Waals surface area contributed by atoms with Gasteiger partial charge in [0.1, 0.15) is 5.82 Å². The topological polar surface area (TPSA) is 73.7 Å². The maximum absolute atomic E-state index is 13.8. The highest BCUT2D eigenvalue weighted by Crippen LogP contribution is 2.50. The van der Waals surface area contributed by atoms with Crippen LogP contribution in [0.4, 0.5) is 16.3 Å². The van der Waals surface area contributed by atoms with Crippen LogP contribution in [0.1, 0.15) is 18.4 Å². The molecule has 1 N–H and O–H groups in total. The first-order valence-corrected chi connectivity index (χ1v) is 10.9. The summed E-state index contributed by atoms with van der Waals surface area (Å²) in [6.45, 7) is 0.654. The summed E-state index contributed by atoms with van der Waals surface area (Å²) in [6.07, 6.45) is 1.65. The lowest BCUT2D eigenvalue weighted by atomic mass is 9.74. The van der Waals surface area contributed by atoms with E-state index in [1.807, 2.05) is 48.5 Å². The highest BCUT2D eigenvalue weighted by atomic mass is 79.9. The lowest BCUT2D eigenvalue weighted by molar-refractivity contribution is -0.124. The predicted octanol–water partition coefficient (Wildman–Crippen LogP) is 5.20. The number of anilines is 2. The van der Waals surface area contributed by atoms with Crippen LogP contribution < -0.4 is 4.90 Å². The van der Waals surface area contributed by atoms with Crippen LogP contribution >= 0.6 is 15.9 Å². The van der Waals surface area contributed by atoms with Crippen molar-refractivity contribution in [2.24, 2.45) is 0 Å². The van der Waals surface area contributed by atoms with Gasteiger partial charge in [-0.25, -0.2) is 9.78 Å². The number of fused-ring (bicyclic) bond motifs is 2. The highest BCUT2D eigenvalue weighted by Gasteiger charge is 2.53. The zero-order valence-corrected chi connectivity index (χ0v) is 18.2. The Kier molecular flexibility index (Phi) is 4.78. The van der Waals surface area contributed by atoms with Gasteiger partial charge in [0.05, 0.1) is 11.1 Å². The van der Waals surface area contributed by atoms with Crippen LogP contribution in [-0.4, -0.2) is 40.1 Å². The van der Waals surface area contributed by atoms with Gasteiger partial charge >= 0.3 is 6.09 Å². The number of likely N-dealkylation sites (tertiary alicyclic amines) is 1. The average molecular weight is 478 g/mol. The van der Waals surface area contributed by atoms with Gasteiger partial charge in [0.25, 0.3) is 0 Å². The first-order valence-electron chi connectivity index (χ1n) is 10.1. The fraction of sp³-hybridized carbons (Fsp3) is 0.208. The molecule has 2 aromatic carbocycles. The van der Waals surface area contributed by atoms with Gasteiger partial charge in [-0.05, 0) is 58.1 Å². The smallest absolute Gasteiger partial charge is 0.407 e. The van der Waals surface area contributed by atoms with Gasteiger partial charge in [-0.1, -0.05) is 42.5 Å². The second-order valence-corrected chi connectivity index (χ2v) is 8.85. The second-order valence-electron chi connectivity index (χ2n) is 7.93. The summed E-state index contributed by atoms with van der Waals surface area (Å²) in [5.41, 5.74) is 3.06. The van der Waals surface area contributed by atoms with Crippen LogP contribution in [0.3, 0.4) is 0 Å². The normalized spacial score (nSPS) is 17.1. The molecule has 0 unspecified atom stereocenters. The van der Waals surface area contributed by atoms with E-state index in [4.69, 9.17) is 0 Å². The lowest BCUT2D eigenvalue weighted by Gasteiger charge is -2.37. The molecule has 6 nitrogen and oxygen atoms in total. The number of hydrogen-bond donors (Lipinski definition) is 1. The molecule has 156 valence electrons. The fourth-order valence-electron chi connectivity index (χ4n) is 4.62. The number of benzene rings is 2. The number of rotatable bonds is 2. The summed E-state index contributed by atoms with van der Waals surface area (Å²) < 4.78 is 0.806. The summed E-state index contributed by atoms with van der Waals surface area (Å²) in [6, 6.07) is 19.9. The van der Waals surface area contributed by atoms with Crippen LogP contribution in [0.25, 0.3) is 11.1 Å². The Balaban J connectivity index is 1.53. The van der Waals surface area contributed by atoms with Crippen molar-refractivity contribution in [1.82, 2.24) is 9.88 Å². The molecule has 0 radical (unpaired) electrons. The molecule has 0 bridgehead atoms. The van der Waals surface area contributed by atoms with E-state index in [1.165, 1.54) is 4.90 Å². The number of hydrogen-bond acceptors (Lipinski definition) is 3. The monoisotopic (exact) mass is 477 g/mol. The number of halogens is 1. The molecule has 2 aliphatic heterocycles. The number of carboxylic acid groups (broad SMARTS) is 1. The third-order valence-electron chi connectivity index (χ3n) is 6.29. The zero-order valence-electron chi connectivity index (χ0n) is 16.7. The van der Waals surface area contributed by atoms with E-state index < -0.39 is 11.5 Å². The highest BCUT2D eigenvalue weighted by molar-refractivity contribution is 9.10. The molecular formula is C24H20BrN3O3. The van der Waals surface area contributed by atoms with Crippen molar-refractivity contribution in [3.8, 4) is 11.1 Å². The van der Waals surface area contributed by atoms with E-state index in [1.54, 1.807) is 11.1 Å². The van der Waals surface area contributed by atoms with Crippen LogP contribution in [0.5, 0.6) is 0 Å². The summed E-state index contributed by atoms with van der Waals surface area (Å²) in [5, 5.41) is 9.34. The van der Waals surface area contributed by atoms with Crippen LogP contribution in [-0.2, 0) is 10.2 Å². The molecule has 3 heterocycles. The zero-order chi connectivity index (χ0) is 21.6. The average Bonchev–Trinajstić information content (AvgIpc) is 3.02. The second kappa shape index (κ2) is 7.50. The summed E-state index contributed by atoms with van der Waals surface area (Å²) in [5.74, 6) is 0.593. The summed E-state index contributed by atoms with van der Waals surface area (Å²) in [4.78, 5) is 32.8. The van der Waals surface area contributed by atoms with Gasteiger partial charge < -0.3 is 10.0 Å². The van der Waals surface area contributed by atoms with E-state index in [0.717, 1.165) is 26.9 Å². The van der Waals surface area contributed by atoms with E-state index in [2.05, 4.69) is 33.0 Å². The van der Waals surface area contributed by atoms with Gasteiger partial charge in [-0.2, -0.15) is 0 Å². The van der Waals surface area contributed by atoms with Crippen molar-refractivity contribution >= 4 is 39.4 Å². The van der Waals surface area contributed by atoms with E-state index in [0.29, 0.717) is 31.7 Å². The molecule has 31 heavy (non-hydrogen) atoms. The number of carbonyl (C=O) groups excluding carboxylic acids is 1. The Hall–Kier alpha value is -3.19. The SMILES string of the molecule is O=C(O)N1CCC2(CC1)C(=O)N(c1ccc(-c3ccccc3)cc1)c1ncc(Br)cc12. The first-order chi connectivity index (χ1) is 15.0. The van der Waals surface area contributed by atoms with Crippen LogP contribution in [0.2, 0.25) is 0 Å². The van der Waals surface area contributed by atoms with Crippen LogP contribution in [0.15, 0.2) is 71.3 Å². The van der Waals surface area contributed by atoms with Crippen LogP contribution in [0, 0.1) is 0 Å². The van der Waals surface area contributed by atoms with E-state index >= 15 is 0 Å². The molecule has 1 aromatic heterocycles. The molecule has 1 saturated heterocycles. The maximum atomic E-state index is 13.8. The largest absolute Gasteiger partial charge is 0.465 e. The molecule has 0 saturated carbocycles. The molecule has 2 aliphatic rings. The van der Waals surface area contributed by atoms with Gasteiger partial charge in [-0.3, -0.25) is 9.69 Å². The van der Waals surface area contributed by atoms with Crippen molar-refractivity contribution in [3.63, 3.8) is 0 Å². The van der Waals surface area contributed by atoms with E-state index in [-0.39, 0.29) is 5.91 Å². The summed E-state index contributed by atoms with van der Waals surface area (Å²) >= 11 is 3.48. The van der Waals surface area contributed by atoms with Crippen molar-refractivity contribution in [2.75, 3.05) is 18.0 Å². The van der Waals surface area contributed by atoms with E-state index in [9.17, 15) is 14.7 Å². The Morgan fingerprint density at radius 1 is 1.00 bits per heavy atom. The number of pyridine rings is 1. The number of aromatic nitrogens is 1. The van der Waals surface area contributed by atoms with Crippen molar-refractivity contribution in [1.29, 1.82) is 0 Å². The predicted molar refractivity (Wildman–Crippen MR) is 121 cm³/mol. The Morgan fingerprint density at radius 2 is 1.65 bits per heavy atom. The Labute approximate surface area is 188 Å². The standard InChI is InChI=1S/C24H20BrN3O3/c25-18-14-20-21(26-15-18)28(22(29)24(20)10-12-27(13-11-24)23(30)31)19-8-6-17(7-9-19)16-4-2-1-3-5-16/h1-9,14-15H,10-13H2,(H,30,31). The number of piperidine rings is 1. The minimum absolute atomic E-state index is 0.0365. The summed E-state index contributed by atoms with van der Waals surface area (Å²) in [7, 11) is 0. The number of amides is 2. The van der Waals surface area contributed by atoms with Gasteiger partial charge in [0, 0.05) is 29.3 Å². The minimum atomic E-state index is -0.943. The van der Waals surface area contributed by atoms with Gasteiger partial charge in [-0.15, -0.1) is 0 Å². The third kappa shape index (κ3) is 3.20. The molecule has 1 spiro atoms. The molecule has 5 rings (SSSR count). The third-order valence-corrected chi connectivity index (χ3v) is 6.73. The van der Waals surface area contributed by atoms with Crippen molar-refractivity contribution in [3.05, 3.63) is 76.9 Å². The molecule has 7 heteroatoms. The van der Waals surface area contributed by atoms with Crippen molar-refractivity contribution in [2.45, 2.75) is 18.3 Å². The Morgan fingerprint density at radius 3 is 2.29 bits per heavy atom. The van der Waals surface area contributed by atoms with Gasteiger partial charge in [0.2, 0.25) is 5.91 Å². The molecule has 3 aromatic rings. The van der Waals surface area contributed by atoms with Crippen molar-refractivity contribution < 1.29 is 14.7 Å². The molecule has 1 fully saturated rings. The van der Waals surface area contributed by atoms with Gasteiger partial charge in [0.15, 0.2) is 0 Å². The molecule has 2 amide bonds. The minimum Gasteiger partial charge on any atom is -0.465 e. The molecule has 0 atom stereocenters. The lowest BCUT2D eigenvalue weighted by Crippen LogP contribution is -2.49. The Bertz CT molecular complexity index is 1160. The molecular weight excluding hydrogens is 458 g/mol. The maximum Gasteiger partial charge on any atom is 0.407 e. The number of carbonyl (C=O) groups is 2. The quantitative estimate of drug-likeness (QED) is 0.550. The molecule has 0 aliphatic carbocycles.